The molecule has 0 spiro atoms. The Hall–Kier alpha value is -1.84. The van der Waals surface area contributed by atoms with Gasteiger partial charge in [-0.1, -0.05) is 0 Å². The maximum absolute atomic E-state index is 9.11. The summed E-state index contributed by atoms with van der Waals surface area (Å²) in [6, 6.07) is 3.74. The molecular formula is C12H16N4O2. The maximum Gasteiger partial charge on any atom is 0.146 e. The third kappa shape index (κ3) is 2.23. The van der Waals surface area contributed by atoms with Gasteiger partial charge in [0.15, 0.2) is 0 Å². The van der Waals surface area contributed by atoms with Crippen LogP contribution in [0.1, 0.15) is 5.56 Å². The van der Waals surface area contributed by atoms with Gasteiger partial charge in [-0.2, -0.15) is 5.26 Å². The van der Waals surface area contributed by atoms with Crippen molar-refractivity contribution in [3.63, 3.8) is 0 Å². The minimum absolute atomic E-state index is 0.0131. The van der Waals surface area contributed by atoms with Crippen LogP contribution < -0.4 is 10.6 Å². The highest BCUT2D eigenvalue weighted by Gasteiger charge is 2.34. The Morgan fingerprint density at radius 3 is 2.50 bits per heavy atom. The van der Waals surface area contributed by atoms with Gasteiger partial charge in [0, 0.05) is 27.3 Å². The summed E-state index contributed by atoms with van der Waals surface area (Å²) in [6.07, 6.45) is 1.53. The maximum atomic E-state index is 9.11. The number of nitrogen functional groups attached to an aromatic ring is 1. The molecule has 1 aliphatic heterocycles. The fraction of sp³-hybridized carbons (Fsp3) is 0.500. The summed E-state index contributed by atoms with van der Waals surface area (Å²) in [5, 5.41) is 9.11. The van der Waals surface area contributed by atoms with Gasteiger partial charge in [-0.05, 0) is 6.07 Å². The monoisotopic (exact) mass is 248 g/mol. The van der Waals surface area contributed by atoms with Crippen LogP contribution in [-0.2, 0) is 9.47 Å². The molecule has 1 aliphatic rings. The number of ether oxygens (including phenoxy) is 2. The number of hydrogen-bond donors (Lipinski definition) is 1. The molecule has 1 fully saturated rings. The Labute approximate surface area is 106 Å². The van der Waals surface area contributed by atoms with E-state index in [1.807, 2.05) is 4.90 Å². The van der Waals surface area contributed by atoms with Crippen molar-refractivity contribution < 1.29 is 9.47 Å². The van der Waals surface area contributed by atoms with E-state index in [4.69, 9.17) is 20.5 Å². The molecule has 2 N–H and O–H groups in total. The fourth-order valence-electron chi connectivity index (χ4n) is 2.18. The Bertz CT molecular complexity index is 460. The Morgan fingerprint density at radius 2 is 2.00 bits per heavy atom. The Morgan fingerprint density at radius 1 is 1.39 bits per heavy atom. The van der Waals surface area contributed by atoms with Gasteiger partial charge in [0.1, 0.15) is 24.1 Å². The van der Waals surface area contributed by atoms with Crippen LogP contribution in [0.5, 0.6) is 0 Å². The lowest BCUT2D eigenvalue weighted by molar-refractivity contribution is -0.00461. The van der Waals surface area contributed by atoms with E-state index in [1.54, 1.807) is 26.5 Å². The van der Waals surface area contributed by atoms with Crippen LogP contribution in [-0.4, -0.2) is 44.5 Å². The number of aromatic nitrogens is 1. The standard InChI is InChI=1S/C12H16N4O2/c1-17-10-6-16(7-11(10)18-2)12-8(4-13)3-9(14)5-15-12/h3,5,10-11H,6-7,14H2,1-2H3. The molecule has 0 amide bonds. The van der Waals surface area contributed by atoms with E-state index >= 15 is 0 Å². The summed E-state index contributed by atoms with van der Waals surface area (Å²) in [5.74, 6) is 0.633. The fourth-order valence-corrected chi connectivity index (χ4v) is 2.18. The number of anilines is 2. The van der Waals surface area contributed by atoms with Crippen molar-refractivity contribution in [2.24, 2.45) is 0 Å². The molecule has 0 bridgehead atoms. The number of hydrogen-bond acceptors (Lipinski definition) is 6. The molecule has 2 atom stereocenters. The first-order valence-corrected chi connectivity index (χ1v) is 5.65. The number of nitrogens with zero attached hydrogens (tertiary/aromatic N) is 3. The van der Waals surface area contributed by atoms with Crippen LogP contribution in [0.15, 0.2) is 12.3 Å². The quantitative estimate of drug-likeness (QED) is 0.832. The molecule has 0 aliphatic carbocycles. The average molecular weight is 248 g/mol. The van der Waals surface area contributed by atoms with E-state index in [0.29, 0.717) is 30.2 Å². The van der Waals surface area contributed by atoms with Crippen molar-refractivity contribution in [3.05, 3.63) is 17.8 Å². The molecule has 0 radical (unpaired) electrons. The number of nitriles is 1. The van der Waals surface area contributed by atoms with Gasteiger partial charge < -0.3 is 20.1 Å². The van der Waals surface area contributed by atoms with Crippen LogP contribution in [0.4, 0.5) is 11.5 Å². The van der Waals surface area contributed by atoms with Gasteiger partial charge in [-0.15, -0.1) is 0 Å². The number of nitrogens with two attached hydrogens (primary N) is 1. The van der Waals surface area contributed by atoms with Crippen LogP contribution in [0.2, 0.25) is 0 Å². The van der Waals surface area contributed by atoms with Crippen molar-refractivity contribution in [1.29, 1.82) is 5.26 Å². The Kier molecular flexibility index (Phi) is 3.65. The normalized spacial score (nSPS) is 23.1. The van der Waals surface area contributed by atoms with E-state index in [-0.39, 0.29) is 12.2 Å². The summed E-state index contributed by atoms with van der Waals surface area (Å²) in [7, 11) is 3.31. The summed E-state index contributed by atoms with van der Waals surface area (Å²) >= 11 is 0. The predicted octanol–water partition coefficient (Wildman–Crippen LogP) is 0.385. The third-order valence-electron chi connectivity index (χ3n) is 3.13. The second-order valence-corrected chi connectivity index (χ2v) is 4.20. The topological polar surface area (TPSA) is 84.4 Å². The first-order valence-electron chi connectivity index (χ1n) is 5.65. The van der Waals surface area contributed by atoms with Crippen LogP contribution in [0.25, 0.3) is 0 Å². The molecule has 0 saturated carbocycles. The van der Waals surface area contributed by atoms with E-state index in [1.165, 1.54) is 0 Å². The smallest absolute Gasteiger partial charge is 0.146 e. The number of rotatable bonds is 3. The van der Waals surface area contributed by atoms with Gasteiger partial charge in [-0.3, -0.25) is 0 Å². The minimum atomic E-state index is -0.0131. The van der Waals surface area contributed by atoms with Crippen molar-refractivity contribution >= 4 is 11.5 Å². The zero-order valence-electron chi connectivity index (χ0n) is 10.5. The van der Waals surface area contributed by atoms with Gasteiger partial charge in [0.05, 0.1) is 17.4 Å². The van der Waals surface area contributed by atoms with Crippen molar-refractivity contribution in [3.8, 4) is 6.07 Å². The first kappa shape index (κ1) is 12.6. The van der Waals surface area contributed by atoms with E-state index in [9.17, 15) is 0 Å². The van der Waals surface area contributed by atoms with Crippen molar-refractivity contribution in [2.75, 3.05) is 37.9 Å². The van der Waals surface area contributed by atoms with Crippen molar-refractivity contribution in [2.45, 2.75) is 12.2 Å². The lowest BCUT2D eigenvalue weighted by Crippen LogP contribution is -2.27. The second-order valence-electron chi connectivity index (χ2n) is 4.20. The van der Waals surface area contributed by atoms with Gasteiger partial charge in [0.25, 0.3) is 0 Å². The zero-order valence-corrected chi connectivity index (χ0v) is 10.5. The predicted molar refractivity (Wildman–Crippen MR) is 67.2 cm³/mol. The molecule has 2 rings (SSSR count). The van der Waals surface area contributed by atoms with E-state index in [0.717, 1.165) is 0 Å². The largest absolute Gasteiger partial charge is 0.397 e. The minimum Gasteiger partial charge on any atom is -0.397 e. The third-order valence-corrected chi connectivity index (χ3v) is 3.13. The highest BCUT2D eigenvalue weighted by atomic mass is 16.5. The molecule has 1 aromatic heterocycles. The molecule has 6 nitrogen and oxygen atoms in total. The van der Waals surface area contributed by atoms with Gasteiger partial charge in [-0.25, -0.2) is 4.98 Å². The summed E-state index contributed by atoms with van der Waals surface area (Å²) in [6.45, 7) is 1.31. The van der Waals surface area contributed by atoms with E-state index < -0.39 is 0 Å². The molecule has 2 unspecified atom stereocenters. The SMILES string of the molecule is COC1CN(c2ncc(N)cc2C#N)CC1OC. The number of pyridine rings is 1. The highest BCUT2D eigenvalue weighted by Crippen LogP contribution is 2.25. The average Bonchev–Trinajstić information content (AvgIpc) is 2.81. The molecule has 18 heavy (non-hydrogen) atoms. The van der Waals surface area contributed by atoms with Crippen LogP contribution in [0, 0.1) is 11.3 Å². The molecular weight excluding hydrogens is 232 g/mol. The second kappa shape index (κ2) is 5.21. The summed E-state index contributed by atoms with van der Waals surface area (Å²) in [4.78, 5) is 6.22. The molecule has 1 saturated heterocycles. The molecule has 6 heteroatoms. The lowest BCUT2D eigenvalue weighted by Gasteiger charge is -2.18. The van der Waals surface area contributed by atoms with Crippen LogP contribution in [0.3, 0.4) is 0 Å². The molecule has 96 valence electrons. The molecule has 1 aromatic rings. The van der Waals surface area contributed by atoms with Gasteiger partial charge >= 0.3 is 0 Å². The van der Waals surface area contributed by atoms with E-state index in [2.05, 4.69) is 11.1 Å². The molecule has 0 aromatic carbocycles. The Balaban J connectivity index is 2.26. The first-order chi connectivity index (χ1) is 8.69. The molecule has 2 heterocycles. The summed E-state index contributed by atoms with van der Waals surface area (Å²) in [5.41, 5.74) is 6.59. The zero-order chi connectivity index (χ0) is 13.1. The van der Waals surface area contributed by atoms with Crippen molar-refractivity contribution in [1.82, 2.24) is 4.98 Å². The summed E-state index contributed by atoms with van der Waals surface area (Å²) < 4.78 is 10.7. The van der Waals surface area contributed by atoms with Gasteiger partial charge in [0.2, 0.25) is 0 Å². The highest BCUT2D eigenvalue weighted by molar-refractivity contribution is 5.59. The number of methoxy groups -OCH3 is 2. The lowest BCUT2D eigenvalue weighted by atomic mass is 10.2. The van der Waals surface area contributed by atoms with Crippen LogP contribution >= 0.6 is 0 Å².